The quantitative estimate of drug-likeness (QED) is 0.790. The molecule has 0 aliphatic heterocycles. The Kier molecular flexibility index (Phi) is 6.45. The fraction of sp³-hybridized carbons (Fsp3) is 0.273. The normalized spacial score (nSPS) is 11.6. The second kappa shape index (κ2) is 6.76. The summed E-state index contributed by atoms with van der Waals surface area (Å²) in [6.07, 6.45) is 2.85. The Morgan fingerprint density at radius 2 is 1.88 bits per heavy atom. The molecule has 1 atom stereocenters. The van der Waals surface area contributed by atoms with Gasteiger partial charge in [0.05, 0.1) is 0 Å². The first-order chi connectivity index (χ1) is 6.81. The van der Waals surface area contributed by atoms with Crippen molar-refractivity contribution >= 4 is 35.7 Å². The molecule has 0 spiro atoms. The highest BCUT2D eigenvalue weighted by molar-refractivity contribution is 5.85. The van der Waals surface area contributed by atoms with Crippen LogP contribution in [0.3, 0.4) is 0 Å². The van der Waals surface area contributed by atoms with Crippen LogP contribution in [-0.4, -0.2) is 17.6 Å². The van der Waals surface area contributed by atoms with Crippen LogP contribution in [0.2, 0.25) is 0 Å². The van der Waals surface area contributed by atoms with Crippen LogP contribution in [0.4, 0.5) is 0 Å². The van der Waals surface area contributed by atoms with Gasteiger partial charge in [0.2, 0.25) is 0 Å². The predicted molar refractivity (Wildman–Crippen MR) is 73.5 cm³/mol. The molecule has 0 aliphatic rings. The van der Waals surface area contributed by atoms with E-state index in [1.807, 2.05) is 18.3 Å². The third kappa shape index (κ3) is 3.12. The number of halogens is 2. The molecule has 0 amide bonds. The number of nitrogens with two attached hydrogens (primary N) is 2. The molecule has 0 bridgehead atoms. The summed E-state index contributed by atoms with van der Waals surface area (Å²) in [4.78, 5) is 3.22. The van der Waals surface area contributed by atoms with Gasteiger partial charge in [0.15, 0.2) is 0 Å². The number of aromatic amines is 1. The summed E-state index contributed by atoms with van der Waals surface area (Å²) in [6.45, 7) is 0.527. The minimum Gasteiger partial charge on any atom is -0.361 e. The van der Waals surface area contributed by atoms with Gasteiger partial charge in [-0.15, -0.1) is 24.8 Å². The van der Waals surface area contributed by atoms with Crippen molar-refractivity contribution < 1.29 is 0 Å². The number of H-pyrrole nitrogens is 1. The van der Waals surface area contributed by atoms with E-state index in [1.54, 1.807) is 0 Å². The molecule has 5 heteroatoms. The fourth-order valence-corrected chi connectivity index (χ4v) is 1.67. The number of nitrogens with one attached hydrogen (secondary N) is 1. The Hall–Kier alpha value is -0.740. The Bertz CT molecular complexity index is 428. The third-order valence-electron chi connectivity index (χ3n) is 2.46. The van der Waals surface area contributed by atoms with Gasteiger partial charge in [-0.2, -0.15) is 0 Å². The van der Waals surface area contributed by atoms with E-state index in [0.29, 0.717) is 6.54 Å². The van der Waals surface area contributed by atoms with E-state index in [2.05, 4.69) is 17.1 Å². The number of hydrogen-bond acceptors (Lipinski definition) is 2. The first-order valence-corrected chi connectivity index (χ1v) is 4.82. The first-order valence-electron chi connectivity index (χ1n) is 4.82. The Balaban J connectivity index is 0.00000112. The van der Waals surface area contributed by atoms with Gasteiger partial charge in [0.25, 0.3) is 0 Å². The lowest BCUT2D eigenvalue weighted by atomic mass is 10.1. The van der Waals surface area contributed by atoms with Gasteiger partial charge in [0.1, 0.15) is 0 Å². The van der Waals surface area contributed by atoms with E-state index in [1.165, 1.54) is 10.9 Å². The number of rotatable bonds is 3. The van der Waals surface area contributed by atoms with Crippen molar-refractivity contribution in [2.45, 2.75) is 12.5 Å². The van der Waals surface area contributed by atoms with E-state index < -0.39 is 0 Å². The van der Waals surface area contributed by atoms with Gasteiger partial charge < -0.3 is 16.5 Å². The Morgan fingerprint density at radius 1 is 1.19 bits per heavy atom. The Morgan fingerprint density at radius 3 is 2.56 bits per heavy atom. The zero-order valence-electron chi connectivity index (χ0n) is 8.85. The summed E-state index contributed by atoms with van der Waals surface area (Å²) < 4.78 is 0. The number of fused-ring (bicyclic) bond motifs is 1. The largest absolute Gasteiger partial charge is 0.361 e. The maximum atomic E-state index is 5.82. The van der Waals surface area contributed by atoms with Crippen LogP contribution in [0.25, 0.3) is 10.9 Å². The van der Waals surface area contributed by atoms with Crippen molar-refractivity contribution in [1.29, 1.82) is 0 Å². The van der Waals surface area contributed by atoms with Crippen LogP contribution in [0.15, 0.2) is 30.5 Å². The summed E-state index contributed by atoms with van der Waals surface area (Å²) in [5, 5.41) is 1.25. The molecular weight excluding hydrogens is 245 g/mol. The maximum Gasteiger partial charge on any atom is 0.0456 e. The predicted octanol–water partition coefficient (Wildman–Crippen LogP) is 1.84. The van der Waals surface area contributed by atoms with E-state index in [4.69, 9.17) is 11.5 Å². The molecule has 0 radical (unpaired) electrons. The molecule has 0 saturated carbocycles. The molecule has 1 unspecified atom stereocenters. The standard InChI is InChI=1S/C11H15N3.2ClH/c12-6-9(13)5-8-7-14-11-4-2-1-3-10(8)11;;/h1-4,7,9,14H,5-6,12-13H2;2*1H. The van der Waals surface area contributed by atoms with Gasteiger partial charge in [-0.1, -0.05) is 18.2 Å². The van der Waals surface area contributed by atoms with E-state index in [-0.39, 0.29) is 30.9 Å². The average molecular weight is 262 g/mol. The van der Waals surface area contributed by atoms with Crippen molar-refractivity contribution in [3.05, 3.63) is 36.0 Å². The topological polar surface area (TPSA) is 67.8 Å². The lowest BCUT2D eigenvalue weighted by molar-refractivity contribution is 0.681. The second-order valence-electron chi connectivity index (χ2n) is 3.56. The van der Waals surface area contributed by atoms with E-state index in [0.717, 1.165) is 11.9 Å². The average Bonchev–Trinajstić information content (AvgIpc) is 2.62. The third-order valence-corrected chi connectivity index (χ3v) is 2.46. The summed E-state index contributed by atoms with van der Waals surface area (Å²) in [6, 6.07) is 8.27. The van der Waals surface area contributed by atoms with E-state index in [9.17, 15) is 0 Å². The van der Waals surface area contributed by atoms with Gasteiger partial charge in [-0.25, -0.2) is 0 Å². The molecule has 90 valence electrons. The smallest absolute Gasteiger partial charge is 0.0456 e. The minimum absolute atomic E-state index is 0. The molecule has 3 nitrogen and oxygen atoms in total. The molecule has 1 heterocycles. The molecule has 1 aromatic heterocycles. The SMILES string of the molecule is Cl.Cl.NCC(N)Cc1c[nH]c2ccccc12. The minimum atomic E-state index is 0. The molecule has 0 saturated heterocycles. The van der Waals surface area contributed by atoms with Crippen LogP contribution >= 0.6 is 24.8 Å². The van der Waals surface area contributed by atoms with Gasteiger partial charge in [-0.05, 0) is 18.1 Å². The van der Waals surface area contributed by atoms with Crippen molar-refractivity contribution in [2.75, 3.05) is 6.54 Å². The number of aromatic nitrogens is 1. The van der Waals surface area contributed by atoms with Gasteiger partial charge in [-0.3, -0.25) is 0 Å². The number of para-hydroxylation sites is 1. The van der Waals surface area contributed by atoms with Crippen molar-refractivity contribution in [1.82, 2.24) is 4.98 Å². The van der Waals surface area contributed by atoms with Gasteiger partial charge in [0, 0.05) is 29.7 Å². The number of hydrogen-bond donors (Lipinski definition) is 3. The molecule has 0 aliphatic carbocycles. The summed E-state index contributed by atoms with van der Waals surface area (Å²) in [5.41, 5.74) is 13.7. The molecule has 2 aromatic rings. The summed E-state index contributed by atoms with van der Waals surface area (Å²) in [7, 11) is 0. The van der Waals surface area contributed by atoms with Crippen LogP contribution in [0.1, 0.15) is 5.56 Å². The monoisotopic (exact) mass is 261 g/mol. The van der Waals surface area contributed by atoms with Gasteiger partial charge >= 0.3 is 0 Å². The zero-order valence-corrected chi connectivity index (χ0v) is 10.5. The Labute approximate surface area is 107 Å². The molecule has 1 aromatic carbocycles. The molecular formula is C11H17Cl2N3. The van der Waals surface area contributed by atoms with Crippen LogP contribution in [0, 0.1) is 0 Å². The highest BCUT2D eigenvalue weighted by Gasteiger charge is 2.06. The summed E-state index contributed by atoms with van der Waals surface area (Å²) in [5.74, 6) is 0. The first kappa shape index (κ1) is 15.3. The van der Waals surface area contributed by atoms with Crippen molar-refractivity contribution in [2.24, 2.45) is 11.5 Å². The van der Waals surface area contributed by atoms with Crippen LogP contribution in [0.5, 0.6) is 0 Å². The van der Waals surface area contributed by atoms with E-state index >= 15 is 0 Å². The van der Waals surface area contributed by atoms with Crippen LogP contribution < -0.4 is 11.5 Å². The highest BCUT2D eigenvalue weighted by Crippen LogP contribution is 2.18. The summed E-state index contributed by atoms with van der Waals surface area (Å²) >= 11 is 0. The van der Waals surface area contributed by atoms with Crippen molar-refractivity contribution in [3.63, 3.8) is 0 Å². The molecule has 0 fully saturated rings. The maximum absolute atomic E-state index is 5.82. The molecule has 2 rings (SSSR count). The number of benzene rings is 1. The second-order valence-corrected chi connectivity index (χ2v) is 3.56. The lowest BCUT2D eigenvalue weighted by Crippen LogP contribution is -2.31. The van der Waals surface area contributed by atoms with Crippen molar-refractivity contribution in [3.8, 4) is 0 Å². The molecule has 5 N–H and O–H groups in total. The van der Waals surface area contributed by atoms with Crippen LogP contribution in [-0.2, 0) is 6.42 Å². The lowest BCUT2D eigenvalue weighted by Gasteiger charge is -2.06. The fourth-order valence-electron chi connectivity index (χ4n) is 1.67. The molecule has 16 heavy (non-hydrogen) atoms. The highest BCUT2D eigenvalue weighted by atomic mass is 35.5. The zero-order chi connectivity index (χ0) is 9.97.